The summed E-state index contributed by atoms with van der Waals surface area (Å²) in [5.74, 6) is 0.0593. The molecule has 1 aliphatic carbocycles. The van der Waals surface area contributed by atoms with Crippen molar-refractivity contribution in [2.45, 2.75) is 60.9 Å². The smallest absolute Gasteiger partial charge is 0.338 e. The Hall–Kier alpha value is -4.00. The molecular weight excluding hydrogens is 480 g/mol. The lowest BCUT2D eigenvalue weighted by Crippen LogP contribution is -2.14. The lowest BCUT2D eigenvalue weighted by atomic mass is 9.92. The van der Waals surface area contributed by atoms with Crippen LogP contribution in [-0.2, 0) is 19.4 Å². The third-order valence-electron chi connectivity index (χ3n) is 6.79. The van der Waals surface area contributed by atoms with E-state index in [9.17, 15) is 14.7 Å². The number of hydrogen-bond donors (Lipinski definition) is 1. The zero-order valence-corrected chi connectivity index (χ0v) is 23.6. The second-order valence-electron chi connectivity index (χ2n) is 8.54. The number of allylic oxidation sites excluding steroid dienone is 3. The monoisotopic (exact) mass is 518 g/mol. The maximum Gasteiger partial charge on any atom is 0.338 e. The van der Waals surface area contributed by atoms with Gasteiger partial charge in [0.25, 0.3) is 0 Å². The largest absolute Gasteiger partial charge is 0.493 e. The molecule has 0 unspecified atom stereocenters. The van der Waals surface area contributed by atoms with Crippen molar-refractivity contribution in [2.24, 2.45) is 0 Å². The first-order valence-corrected chi connectivity index (χ1v) is 13.2. The zero-order valence-electron chi connectivity index (χ0n) is 23.6. The molecule has 38 heavy (non-hydrogen) atoms. The predicted molar refractivity (Wildman–Crippen MR) is 153 cm³/mol. The Morgan fingerprint density at radius 2 is 1.63 bits per heavy atom. The third kappa shape index (κ3) is 4.69. The highest BCUT2D eigenvalue weighted by Gasteiger charge is 2.33. The highest BCUT2D eigenvalue weighted by Crippen LogP contribution is 2.46. The highest BCUT2D eigenvalue weighted by atomic mass is 16.5. The van der Waals surface area contributed by atoms with Gasteiger partial charge in [0.2, 0.25) is 5.91 Å². The van der Waals surface area contributed by atoms with Gasteiger partial charge in [-0.2, -0.15) is 0 Å². The lowest BCUT2D eigenvalue weighted by molar-refractivity contribution is 0.0698. The number of carboxylic acid groups (broad SMARTS) is 1. The van der Waals surface area contributed by atoms with Crippen molar-refractivity contribution < 1.29 is 24.2 Å². The topological polar surface area (TPSA) is 82.7 Å². The number of fused-ring (bicyclic) bond motifs is 4. The van der Waals surface area contributed by atoms with Gasteiger partial charge in [-0.25, -0.2) is 4.79 Å². The molecular formula is C31H38N2O5. The molecule has 7 nitrogen and oxygen atoms in total. The third-order valence-corrected chi connectivity index (χ3v) is 6.79. The maximum atomic E-state index is 12.8. The molecule has 202 valence electrons. The minimum Gasteiger partial charge on any atom is -0.493 e. The number of aryl methyl sites for hydroxylation is 1. The van der Waals surface area contributed by atoms with E-state index in [-0.39, 0.29) is 11.5 Å². The molecule has 5 rings (SSSR count). The van der Waals surface area contributed by atoms with Gasteiger partial charge >= 0.3 is 5.97 Å². The predicted octanol–water partition coefficient (Wildman–Crippen LogP) is 7.04. The number of hydrogen-bond acceptors (Lipinski definition) is 4. The molecule has 0 radical (unpaired) electrons. The van der Waals surface area contributed by atoms with E-state index in [1.54, 1.807) is 25.0 Å². The molecule has 0 amide bonds. The van der Waals surface area contributed by atoms with Crippen LogP contribution in [0.5, 0.6) is 11.5 Å². The summed E-state index contributed by atoms with van der Waals surface area (Å²) in [5.41, 5.74) is 6.78. The summed E-state index contributed by atoms with van der Waals surface area (Å²) < 4.78 is 14.7. The van der Waals surface area contributed by atoms with E-state index < -0.39 is 5.97 Å². The molecule has 1 aliphatic heterocycles. The van der Waals surface area contributed by atoms with Crippen molar-refractivity contribution in [2.75, 3.05) is 14.2 Å². The molecule has 0 saturated carbocycles. The van der Waals surface area contributed by atoms with Crippen LogP contribution in [0.1, 0.15) is 72.3 Å². The molecule has 2 aromatic heterocycles. The van der Waals surface area contributed by atoms with Crippen LogP contribution in [0.15, 0.2) is 36.6 Å². The first kappa shape index (κ1) is 28.6. The van der Waals surface area contributed by atoms with Crippen molar-refractivity contribution in [1.82, 2.24) is 9.13 Å². The van der Waals surface area contributed by atoms with E-state index in [4.69, 9.17) is 9.47 Å². The molecule has 1 aromatic carbocycles. The zero-order chi connectivity index (χ0) is 28.1. The molecule has 3 aromatic rings. The summed E-state index contributed by atoms with van der Waals surface area (Å²) in [6, 6.07) is 3.79. The van der Waals surface area contributed by atoms with Crippen molar-refractivity contribution in [3.05, 3.63) is 64.6 Å². The fourth-order valence-corrected chi connectivity index (χ4v) is 5.26. The van der Waals surface area contributed by atoms with E-state index in [2.05, 4.69) is 4.57 Å². The second kappa shape index (κ2) is 12.0. The van der Waals surface area contributed by atoms with E-state index in [1.165, 1.54) is 6.92 Å². The molecule has 1 N–H and O–H groups in total. The summed E-state index contributed by atoms with van der Waals surface area (Å²) in [4.78, 5) is 25.2. The average molecular weight is 519 g/mol. The standard InChI is InChI=1S/C27H26N2O5.2C2H6/c1-15-24(20-14-29(16(2)30)21-9-7-5-6-8-18(20)21)25(27(31)32)26-19-13-23(34-4)22(33-3)12-17(19)10-11-28(15)26;2*1-2/h5-7,9,12-14H,8,10-11H2,1-4H3,(H,31,32);2*1-2H3. The number of aromatic carboxylic acids is 1. The number of carboxylic acids is 1. The van der Waals surface area contributed by atoms with Gasteiger partial charge in [0.15, 0.2) is 11.5 Å². The van der Waals surface area contributed by atoms with E-state index in [1.807, 2.05) is 71.1 Å². The van der Waals surface area contributed by atoms with Crippen molar-refractivity contribution in [1.29, 1.82) is 0 Å². The van der Waals surface area contributed by atoms with E-state index in [0.29, 0.717) is 35.7 Å². The lowest BCUT2D eigenvalue weighted by Gasteiger charge is -2.23. The van der Waals surface area contributed by atoms with Crippen LogP contribution in [0.4, 0.5) is 0 Å². The van der Waals surface area contributed by atoms with Gasteiger partial charge in [-0.1, -0.05) is 45.9 Å². The minimum absolute atomic E-state index is 0.116. The van der Waals surface area contributed by atoms with Gasteiger partial charge in [0, 0.05) is 42.0 Å². The van der Waals surface area contributed by atoms with Gasteiger partial charge in [-0.3, -0.25) is 9.36 Å². The molecule has 0 atom stereocenters. The second-order valence-corrected chi connectivity index (χ2v) is 8.54. The summed E-state index contributed by atoms with van der Waals surface area (Å²) in [6.07, 6.45) is 10.9. The van der Waals surface area contributed by atoms with Crippen LogP contribution in [0.2, 0.25) is 0 Å². The van der Waals surface area contributed by atoms with E-state index in [0.717, 1.165) is 40.1 Å². The van der Waals surface area contributed by atoms with E-state index >= 15 is 0 Å². The normalized spacial score (nSPS) is 12.5. The van der Waals surface area contributed by atoms with Crippen LogP contribution < -0.4 is 9.47 Å². The first-order valence-electron chi connectivity index (χ1n) is 13.2. The molecule has 0 fully saturated rings. The van der Waals surface area contributed by atoms with Crippen molar-refractivity contribution in [3.63, 3.8) is 0 Å². The first-order chi connectivity index (χ1) is 18.4. The van der Waals surface area contributed by atoms with Gasteiger partial charge < -0.3 is 19.1 Å². The van der Waals surface area contributed by atoms with Gasteiger partial charge in [-0.05, 0) is 49.1 Å². The van der Waals surface area contributed by atoms with Crippen LogP contribution in [0.3, 0.4) is 0 Å². The fourth-order valence-electron chi connectivity index (χ4n) is 5.26. The SMILES string of the molecule is CC.CC.COc1cc2c(cc1OC)-c1c(C(=O)O)c(-c3cn(C(C)=O)c4c3CC=CC=C4)c(C)n1CC2. The number of nitrogens with zero attached hydrogens (tertiary/aromatic N) is 2. The summed E-state index contributed by atoms with van der Waals surface area (Å²) >= 11 is 0. The highest BCUT2D eigenvalue weighted by molar-refractivity contribution is 6.05. The molecule has 3 heterocycles. The maximum absolute atomic E-state index is 12.8. The number of benzene rings is 1. The quantitative estimate of drug-likeness (QED) is 0.400. The number of aromatic nitrogens is 2. The number of rotatable bonds is 4. The summed E-state index contributed by atoms with van der Waals surface area (Å²) in [7, 11) is 3.16. The molecule has 0 spiro atoms. The van der Waals surface area contributed by atoms with Gasteiger partial charge in [0.1, 0.15) is 0 Å². The van der Waals surface area contributed by atoms with Crippen LogP contribution in [0, 0.1) is 6.92 Å². The summed E-state index contributed by atoms with van der Waals surface area (Å²) in [5, 5.41) is 10.5. The molecule has 0 bridgehead atoms. The van der Waals surface area contributed by atoms with Crippen molar-refractivity contribution in [3.8, 4) is 33.9 Å². The Morgan fingerprint density at radius 1 is 0.974 bits per heavy atom. The fraction of sp³-hybridized carbons (Fsp3) is 0.355. The Labute approximate surface area is 225 Å². The molecule has 7 heteroatoms. The Bertz CT molecular complexity index is 1420. The van der Waals surface area contributed by atoms with Crippen LogP contribution in [-0.4, -0.2) is 40.3 Å². The van der Waals surface area contributed by atoms with Gasteiger partial charge in [-0.15, -0.1) is 0 Å². The number of carbonyl (C=O) groups excluding carboxylic acids is 1. The molecule has 2 aliphatic rings. The van der Waals surface area contributed by atoms with Crippen LogP contribution >= 0.6 is 0 Å². The summed E-state index contributed by atoms with van der Waals surface area (Å²) in [6.45, 7) is 12.1. The minimum atomic E-state index is -1.00. The number of carbonyl (C=O) groups is 2. The average Bonchev–Trinajstić information content (AvgIpc) is 3.33. The Kier molecular flexibility index (Phi) is 9.04. The Morgan fingerprint density at radius 3 is 2.24 bits per heavy atom. The number of methoxy groups -OCH3 is 2. The van der Waals surface area contributed by atoms with Gasteiger partial charge in [0.05, 0.1) is 31.2 Å². The van der Waals surface area contributed by atoms with Crippen LogP contribution in [0.25, 0.3) is 28.5 Å². The van der Waals surface area contributed by atoms with Crippen molar-refractivity contribution >= 4 is 18.0 Å². The molecule has 0 saturated heterocycles. The number of ether oxygens (including phenoxy) is 2. The Balaban J connectivity index is 0.000000956.